The number of benzene rings is 7. The van der Waals surface area contributed by atoms with E-state index in [4.69, 9.17) is 18.9 Å². The Kier molecular flexibility index (Phi) is 11.2. The van der Waals surface area contributed by atoms with Crippen molar-refractivity contribution in [2.24, 2.45) is 0 Å². The molecule has 0 amide bonds. The highest BCUT2D eigenvalue weighted by molar-refractivity contribution is 5.81. The molecule has 0 aliphatic carbocycles. The average molecular weight is 1030 g/mol. The highest BCUT2D eigenvalue weighted by Gasteiger charge is 2.52. The highest BCUT2D eigenvalue weighted by atomic mass is 16.5. The number of aliphatic hydroxyl groups is 3. The third-order valence-corrected chi connectivity index (χ3v) is 14.4. The van der Waals surface area contributed by atoms with Gasteiger partial charge in [0.25, 0.3) is 0 Å². The van der Waals surface area contributed by atoms with Gasteiger partial charge in [0.05, 0.1) is 24.4 Å². The van der Waals surface area contributed by atoms with Crippen LogP contribution >= 0.6 is 0 Å². The Balaban J connectivity index is 1.19. The fourth-order valence-electron chi connectivity index (χ4n) is 10.9. The fourth-order valence-corrected chi connectivity index (χ4v) is 10.9. The summed E-state index contributed by atoms with van der Waals surface area (Å²) in [5, 5.41) is 181. The molecule has 21 nitrogen and oxygen atoms in total. The van der Waals surface area contributed by atoms with Gasteiger partial charge in [0.2, 0.25) is 0 Å². The van der Waals surface area contributed by atoms with Gasteiger partial charge in [-0.05, 0) is 70.8 Å². The standard InChI is InChI=1S/C54H44O21/c55-24-5-1-18(9-29(24)60)22-14-39(69)72-38-17-36(67)44-46(48(71)50(74-53(44)40(22)38)20-3-7-26(57)31(62)11-20)43-35(66)16-34(65)42-45(47(70)51(75-54(42)43)21-4-8-27(58)32(63)12-21)41-33(64)15-28(59)23-13-37(68)49(73-52(23)41)19-2-6-25(56)30(61)10-19/h1-12,15-17,22,37,45-51,55-68,70-71H,13-14H2/t22-,37+,45-,46+,47-,48-,49+,50-,51-/m1/s1. The number of phenols is 13. The van der Waals surface area contributed by atoms with Crippen LogP contribution in [-0.4, -0.2) is 106 Å². The van der Waals surface area contributed by atoms with Crippen LogP contribution in [0, 0.1) is 0 Å². The lowest BCUT2D eigenvalue weighted by atomic mass is 9.72. The van der Waals surface area contributed by atoms with E-state index in [9.17, 15) is 86.5 Å². The SMILES string of the molecule is O=C1C[C@H](c2ccc(O)c(O)c2)c2c(cc(O)c3c2O[C@H](c2ccc(O)c(O)c2)[C@H](O)[C@H]3c2c(O)cc(O)c3c2O[C@H](c2ccc(O)c(O)c2)[C@H](O)[C@@H]3c2c(O)cc(O)c3c2O[C@@H](c2ccc(O)c(O)c2)[C@@H](O)C3)O1. The van der Waals surface area contributed by atoms with Crippen molar-refractivity contribution in [2.45, 2.75) is 67.2 Å². The molecule has 0 aromatic heterocycles. The molecule has 11 rings (SSSR count). The summed E-state index contributed by atoms with van der Waals surface area (Å²) in [5.41, 5.74) is -1.30. The molecule has 0 unspecified atom stereocenters. The maximum atomic E-state index is 13.3. The Bertz CT molecular complexity index is 3540. The van der Waals surface area contributed by atoms with Crippen LogP contribution in [0.3, 0.4) is 0 Å². The first-order valence-electron chi connectivity index (χ1n) is 23.1. The van der Waals surface area contributed by atoms with E-state index in [-0.39, 0.29) is 68.2 Å². The quantitative estimate of drug-likeness (QED) is 0.0548. The molecule has 0 bridgehead atoms. The second-order valence-electron chi connectivity index (χ2n) is 18.8. The van der Waals surface area contributed by atoms with Gasteiger partial charge >= 0.3 is 5.97 Å². The summed E-state index contributed by atoms with van der Waals surface area (Å²) >= 11 is 0. The number of phenolic OH excluding ortho intramolecular Hbond substituents is 13. The molecule has 4 heterocycles. The van der Waals surface area contributed by atoms with E-state index in [2.05, 4.69) is 0 Å². The summed E-state index contributed by atoms with van der Waals surface area (Å²) in [4.78, 5) is 13.3. The number of ether oxygens (including phenoxy) is 4. The van der Waals surface area contributed by atoms with Gasteiger partial charge in [-0.15, -0.1) is 0 Å². The Morgan fingerprint density at radius 3 is 1.20 bits per heavy atom. The minimum Gasteiger partial charge on any atom is -0.507 e. The summed E-state index contributed by atoms with van der Waals surface area (Å²) in [6, 6.07) is 16.9. The van der Waals surface area contributed by atoms with Crippen molar-refractivity contribution < 1.29 is 105 Å². The molecular formula is C54H44O21. The average Bonchev–Trinajstić information content (AvgIpc) is 3.35. The Morgan fingerprint density at radius 2 is 0.733 bits per heavy atom. The first-order chi connectivity index (χ1) is 35.7. The number of rotatable bonds is 6. The predicted molar refractivity (Wildman–Crippen MR) is 254 cm³/mol. The van der Waals surface area contributed by atoms with Crippen molar-refractivity contribution in [1.29, 1.82) is 0 Å². The Hall–Kier alpha value is -9.31. The van der Waals surface area contributed by atoms with Crippen molar-refractivity contribution in [3.8, 4) is 97.7 Å². The fraction of sp³-hybridized carbons (Fsp3) is 0.204. The van der Waals surface area contributed by atoms with Crippen molar-refractivity contribution >= 4 is 5.97 Å². The van der Waals surface area contributed by atoms with Crippen LogP contribution in [0.1, 0.15) is 98.1 Å². The van der Waals surface area contributed by atoms with E-state index in [1.165, 1.54) is 36.4 Å². The third kappa shape index (κ3) is 7.62. The lowest BCUT2D eigenvalue weighted by Gasteiger charge is -2.44. The highest BCUT2D eigenvalue weighted by Crippen LogP contribution is 2.64. The van der Waals surface area contributed by atoms with Crippen LogP contribution in [0.2, 0.25) is 0 Å². The van der Waals surface area contributed by atoms with Crippen molar-refractivity contribution in [1.82, 2.24) is 0 Å². The molecule has 386 valence electrons. The first-order valence-corrected chi connectivity index (χ1v) is 23.1. The zero-order valence-electron chi connectivity index (χ0n) is 38.5. The summed E-state index contributed by atoms with van der Waals surface area (Å²) < 4.78 is 25.3. The minimum atomic E-state index is -1.99. The molecule has 4 aliphatic heterocycles. The van der Waals surface area contributed by atoms with Crippen molar-refractivity contribution in [2.75, 3.05) is 0 Å². The van der Waals surface area contributed by atoms with Gasteiger partial charge in [-0.25, -0.2) is 0 Å². The normalized spacial score (nSPS) is 23.5. The Labute approximate surface area is 421 Å². The van der Waals surface area contributed by atoms with Crippen molar-refractivity contribution in [3.05, 3.63) is 147 Å². The zero-order chi connectivity index (χ0) is 53.2. The zero-order valence-corrected chi connectivity index (χ0v) is 38.5. The number of carbonyl (C=O) groups is 1. The monoisotopic (exact) mass is 1030 g/mol. The van der Waals surface area contributed by atoms with E-state index in [0.29, 0.717) is 0 Å². The summed E-state index contributed by atoms with van der Waals surface area (Å²) in [7, 11) is 0. The summed E-state index contributed by atoms with van der Waals surface area (Å²) in [6.07, 6.45) is -11.0. The number of aliphatic hydroxyl groups excluding tert-OH is 3. The topological polar surface area (TPSA) is 378 Å². The van der Waals surface area contributed by atoms with Gasteiger partial charge in [0, 0.05) is 63.9 Å². The lowest BCUT2D eigenvalue weighted by molar-refractivity contribution is -0.135. The van der Waals surface area contributed by atoms with E-state index < -0.39 is 158 Å². The van der Waals surface area contributed by atoms with E-state index >= 15 is 0 Å². The molecule has 9 atom stereocenters. The smallest absolute Gasteiger partial charge is 0.312 e. The van der Waals surface area contributed by atoms with Gasteiger partial charge in [-0.3, -0.25) is 4.79 Å². The van der Waals surface area contributed by atoms with E-state index in [1.54, 1.807) is 0 Å². The van der Waals surface area contributed by atoms with Gasteiger partial charge in [0.1, 0.15) is 70.1 Å². The second kappa shape index (κ2) is 17.4. The molecule has 4 aliphatic rings. The van der Waals surface area contributed by atoms with Gasteiger partial charge < -0.3 is 101 Å². The second-order valence-corrected chi connectivity index (χ2v) is 18.8. The molecule has 0 saturated carbocycles. The molecule has 0 radical (unpaired) electrons. The largest absolute Gasteiger partial charge is 0.507 e. The number of carbonyl (C=O) groups excluding carboxylic acids is 1. The maximum absolute atomic E-state index is 13.3. The number of aromatic hydroxyl groups is 13. The predicted octanol–water partition coefficient (Wildman–Crippen LogP) is 5.59. The number of hydrogen-bond acceptors (Lipinski definition) is 21. The molecule has 7 aromatic carbocycles. The minimum absolute atomic E-state index is 0.00699. The molecule has 0 saturated heterocycles. The van der Waals surface area contributed by atoms with Crippen LogP contribution in [0.4, 0.5) is 0 Å². The third-order valence-electron chi connectivity index (χ3n) is 14.4. The molecular weight excluding hydrogens is 985 g/mol. The van der Waals surface area contributed by atoms with E-state index in [0.717, 1.165) is 54.6 Å². The number of fused-ring (bicyclic) bond motifs is 5. The molecule has 21 heteroatoms. The molecule has 7 aromatic rings. The number of hydrogen-bond donors (Lipinski definition) is 16. The van der Waals surface area contributed by atoms with Crippen LogP contribution in [0.15, 0.2) is 91.0 Å². The molecule has 0 fully saturated rings. The molecule has 75 heavy (non-hydrogen) atoms. The molecule has 16 N–H and O–H groups in total. The Morgan fingerprint density at radius 1 is 0.360 bits per heavy atom. The summed E-state index contributed by atoms with van der Waals surface area (Å²) in [6.45, 7) is 0. The van der Waals surface area contributed by atoms with Crippen LogP contribution in [0.25, 0.3) is 0 Å². The first kappa shape index (κ1) is 48.0. The van der Waals surface area contributed by atoms with Gasteiger partial charge in [-0.2, -0.15) is 0 Å². The van der Waals surface area contributed by atoms with E-state index in [1.807, 2.05) is 0 Å². The van der Waals surface area contributed by atoms with Crippen LogP contribution in [-0.2, 0) is 11.2 Å². The van der Waals surface area contributed by atoms with Crippen LogP contribution < -0.4 is 18.9 Å². The number of esters is 1. The maximum Gasteiger partial charge on any atom is 0.312 e. The van der Waals surface area contributed by atoms with Crippen LogP contribution in [0.5, 0.6) is 97.7 Å². The van der Waals surface area contributed by atoms with Crippen molar-refractivity contribution in [3.63, 3.8) is 0 Å². The van der Waals surface area contributed by atoms with Gasteiger partial charge in [-0.1, -0.05) is 24.3 Å². The lowest BCUT2D eigenvalue weighted by Crippen LogP contribution is -2.39. The summed E-state index contributed by atoms with van der Waals surface area (Å²) in [5.74, 6) is -15.2. The van der Waals surface area contributed by atoms with Gasteiger partial charge in [0.15, 0.2) is 58.2 Å². The molecule has 0 spiro atoms.